The van der Waals surface area contributed by atoms with E-state index in [0.717, 1.165) is 16.7 Å². The second kappa shape index (κ2) is 5.88. The molecule has 0 aliphatic heterocycles. The molecule has 0 N–H and O–H groups in total. The fourth-order valence-corrected chi connectivity index (χ4v) is 2.15. The van der Waals surface area contributed by atoms with Gasteiger partial charge in [-0.3, -0.25) is 4.98 Å². The molecule has 3 heteroatoms. The van der Waals surface area contributed by atoms with E-state index in [-0.39, 0.29) is 5.41 Å². The Hall–Kier alpha value is -2.47. The normalized spacial score (nSPS) is 10.8. The lowest BCUT2D eigenvalue weighted by Crippen LogP contribution is -2.14. The third-order valence-electron chi connectivity index (χ3n) is 3.55. The molecule has 0 amide bonds. The first-order valence-corrected chi connectivity index (χ1v) is 6.68. The molecule has 0 fully saturated rings. The summed E-state index contributed by atoms with van der Waals surface area (Å²) in [6.45, 7) is 4.01. The summed E-state index contributed by atoms with van der Waals surface area (Å²) in [5.74, 6) is 4.18. The number of ether oxygens (including phenoxy) is 2. The minimum atomic E-state index is -0.388. The topological polar surface area (TPSA) is 31.4 Å². The third-order valence-corrected chi connectivity index (χ3v) is 3.55. The fourth-order valence-electron chi connectivity index (χ4n) is 2.15. The summed E-state index contributed by atoms with van der Waals surface area (Å²) in [4.78, 5) is 4.05. The SMILES string of the molecule is C#CC(C)(C)c1cc(OC)c(OC)c(-c2ccncc2)c1. The van der Waals surface area contributed by atoms with Gasteiger partial charge in [-0.25, -0.2) is 0 Å². The highest BCUT2D eigenvalue weighted by Gasteiger charge is 2.22. The monoisotopic (exact) mass is 281 g/mol. The molecule has 0 aliphatic carbocycles. The van der Waals surface area contributed by atoms with Crippen molar-refractivity contribution in [3.05, 3.63) is 42.2 Å². The van der Waals surface area contributed by atoms with E-state index in [1.807, 2.05) is 32.0 Å². The van der Waals surface area contributed by atoms with Gasteiger partial charge < -0.3 is 9.47 Å². The van der Waals surface area contributed by atoms with Gasteiger partial charge in [-0.1, -0.05) is 5.92 Å². The van der Waals surface area contributed by atoms with Gasteiger partial charge >= 0.3 is 0 Å². The fraction of sp³-hybridized carbons (Fsp3) is 0.278. The standard InChI is InChI=1S/C18H19NO2/c1-6-18(2,3)14-11-15(13-7-9-19-10-8-13)17(21-5)16(12-14)20-4/h1,7-12H,2-5H3. The Morgan fingerprint density at radius 3 is 2.29 bits per heavy atom. The predicted octanol–water partition coefficient (Wildman–Crippen LogP) is 3.68. The number of methoxy groups -OCH3 is 2. The van der Waals surface area contributed by atoms with Crippen LogP contribution in [0.3, 0.4) is 0 Å². The van der Waals surface area contributed by atoms with Crippen LogP contribution in [-0.2, 0) is 5.41 Å². The van der Waals surface area contributed by atoms with Crippen molar-refractivity contribution in [1.82, 2.24) is 4.98 Å². The molecule has 1 aromatic heterocycles. The Bertz CT molecular complexity index is 670. The Balaban J connectivity index is 2.73. The largest absolute Gasteiger partial charge is 0.493 e. The number of hydrogen-bond donors (Lipinski definition) is 0. The number of benzene rings is 1. The van der Waals surface area contributed by atoms with Crippen LogP contribution in [0.1, 0.15) is 19.4 Å². The van der Waals surface area contributed by atoms with Gasteiger partial charge in [-0.15, -0.1) is 6.42 Å². The first-order chi connectivity index (χ1) is 10.0. The Morgan fingerprint density at radius 2 is 1.76 bits per heavy atom. The van der Waals surface area contributed by atoms with E-state index >= 15 is 0 Å². The van der Waals surface area contributed by atoms with Crippen LogP contribution in [-0.4, -0.2) is 19.2 Å². The first-order valence-electron chi connectivity index (χ1n) is 6.68. The van der Waals surface area contributed by atoms with Crippen LogP contribution in [0.5, 0.6) is 11.5 Å². The minimum absolute atomic E-state index is 0.388. The van der Waals surface area contributed by atoms with E-state index in [2.05, 4.69) is 17.0 Å². The number of terminal acetylenes is 1. The molecule has 1 heterocycles. The average molecular weight is 281 g/mol. The number of aromatic nitrogens is 1. The maximum atomic E-state index is 5.66. The van der Waals surface area contributed by atoms with Crippen molar-refractivity contribution in [1.29, 1.82) is 0 Å². The smallest absolute Gasteiger partial charge is 0.168 e. The lowest BCUT2D eigenvalue weighted by Gasteiger charge is -2.22. The van der Waals surface area contributed by atoms with Gasteiger partial charge in [0.05, 0.1) is 19.6 Å². The van der Waals surface area contributed by atoms with Gasteiger partial charge in [0.25, 0.3) is 0 Å². The zero-order valence-corrected chi connectivity index (χ0v) is 12.8. The predicted molar refractivity (Wildman–Crippen MR) is 84.6 cm³/mol. The van der Waals surface area contributed by atoms with E-state index < -0.39 is 0 Å². The van der Waals surface area contributed by atoms with Crippen LogP contribution in [0.4, 0.5) is 0 Å². The summed E-state index contributed by atoms with van der Waals surface area (Å²) in [5.41, 5.74) is 2.57. The van der Waals surface area contributed by atoms with Crippen LogP contribution in [0, 0.1) is 12.3 Å². The Labute approximate surface area is 125 Å². The van der Waals surface area contributed by atoms with Gasteiger partial charge in [0.15, 0.2) is 11.5 Å². The van der Waals surface area contributed by atoms with Gasteiger partial charge in [0.1, 0.15) is 0 Å². The Kier molecular flexibility index (Phi) is 4.18. The molecule has 21 heavy (non-hydrogen) atoms. The molecule has 2 aromatic rings. The minimum Gasteiger partial charge on any atom is -0.493 e. The molecule has 108 valence electrons. The van der Waals surface area contributed by atoms with Crippen LogP contribution < -0.4 is 9.47 Å². The zero-order valence-electron chi connectivity index (χ0n) is 12.8. The summed E-state index contributed by atoms with van der Waals surface area (Å²) < 4.78 is 11.0. The first kappa shape index (κ1) is 14.9. The Morgan fingerprint density at radius 1 is 1.10 bits per heavy atom. The van der Waals surface area contributed by atoms with Gasteiger partial charge in [0, 0.05) is 18.0 Å². The highest BCUT2D eigenvalue weighted by Crippen LogP contribution is 2.41. The number of pyridine rings is 1. The third kappa shape index (κ3) is 2.85. The molecule has 0 atom stereocenters. The second-order valence-electron chi connectivity index (χ2n) is 5.26. The molecular formula is C18H19NO2. The van der Waals surface area contributed by atoms with Crippen molar-refractivity contribution in [2.24, 2.45) is 0 Å². The van der Waals surface area contributed by atoms with E-state index in [9.17, 15) is 0 Å². The van der Waals surface area contributed by atoms with Gasteiger partial charge in [0.2, 0.25) is 0 Å². The van der Waals surface area contributed by atoms with Crippen molar-refractivity contribution >= 4 is 0 Å². The highest BCUT2D eigenvalue weighted by atomic mass is 16.5. The van der Waals surface area contributed by atoms with Crippen molar-refractivity contribution in [3.8, 4) is 35.0 Å². The summed E-state index contributed by atoms with van der Waals surface area (Å²) >= 11 is 0. The zero-order chi connectivity index (χ0) is 15.5. The van der Waals surface area contributed by atoms with Crippen molar-refractivity contribution in [2.45, 2.75) is 19.3 Å². The molecule has 0 spiro atoms. The van der Waals surface area contributed by atoms with Crippen LogP contribution in [0.15, 0.2) is 36.7 Å². The van der Waals surface area contributed by atoms with Crippen molar-refractivity contribution in [2.75, 3.05) is 14.2 Å². The van der Waals surface area contributed by atoms with Crippen molar-refractivity contribution in [3.63, 3.8) is 0 Å². The summed E-state index contributed by atoms with van der Waals surface area (Å²) in [6.07, 6.45) is 9.16. The van der Waals surface area contributed by atoms with E-state index in [4.69, 9.17) is 15.9 Å². The van der Waals surface area contributed by atoms with E-state index in [0.29, 0.717) is 11.5 Å². The van der Waals surface area contributed by atoms with E-state index in [1.54, 1.807) is 26.6 Å². The molecule has 0 radical (unpaired) electrons. The number of hydrogen-bond acceptors (Lipinski definition) is 3. The maximum absolute atomic E-state index is 5.66. The highest BCUT2D eigenvalue weighted by molar-refractivity contribution is 5.75. The molecule has 0 bridgehead atoms. The maximum Gasteiger partial charge on any atom is 0.168 e. The summed E-state index contributed by atoms with van der Waals surface area (Å²) in [6, 6.07) is 7.85. The molecular weight excluding hydrogens is 262 g/mol. The second-order valence-corrected chi connectivity index (χ2v) is 5.26. The molecule has 0 aliphatic rings. The number of nitrogens with zero attached hydrogens (tertiary/aromatic N) is 1. The van der Waals surface area contributed by atoms with Gasteiger partial charge in [-0.05, 0) is 49.2 Å². The summed E-state index contributed by atoms with van der Waals surface area (Å²) in [5, 5.41) is 0. The molecule has 1 aromatic carbocycles. The lowest BCUT2D eigenvalue weighted by atomic mass is 9.83. The van der Waals surface area contributed by atoms with Crippen LogP contribution >= 0.6 is 0 Å². The van der Waals surface area contributed by atoms with Crippen LogP contribution in [0.2, 0.25) is 0 Å². The average Bonchev–Trinajstić information content (AvgIpc) is 2.54. The van der Waals surface area contributed by atoms with Crippen molar-refractivity contribution < 1.29 is 9.47 Å². The lowest BCUT2D eigenvalue weighted by molar-refractivity contribution is 0.355. The molecule has 2 rings (SSSR count). The molecule has 0 saturated carbocycles. The molecule has 0 saturated heterocycles. The molecule has 0 unspecified atom stereocenters. The van der Waals surface area contributed by atoms with Crippen LogP contribution in [0.25, 0.3) is 11.1 Å². The summed E-state index contributed by atoms with van der Waals surface area (Å²) in [7, 11) is 3.26. The number of rotatable bonds is 4. The van der Waals surface area contributed by atoms with E-state index in [1.165, 1.54) is 0 Å². The quantitative estimate of drug-likeness (QED) is 0.801. The van der Waals surface area contributed by atoms with Gasteiger partial charge in [-0.2, -0.15) is 0 Å². The molecule has 3 nitrogen and oxygen atoms in total.